The van der Waals surface area contributed by atoms with E-state index >= 15 is 0 Å². The van der Waals surface area contributed by atoms with Gasteiger partial charge in [0, 0.05) is 12.6 Å². The highest BCUT2D eigenvalue weighted by atomic mass is 16.6. The van der Waals surface area contributed by atoms with Crippen molar-refractivity contribution >= 4 is 22.8 Å². The number of aliphatic hydroxyl groups is 2. The van der Waals surface area contributed by atoms with Gasteiger partial charge < -0.3 is 35.3 Å². The van der Waals surface area contributed by atoms with Crippen LogP contribution in [0.15, 0.2) is 12.5 Å². The third kappa shape index (κ3) is 5.06. The number of aromatic nitrogens is 3. The molecule has 3 rings (SSSR count). The van der Waals surface area contributed by atoms with E-state index in [1.54, 1.807) is 10.8 Å². The van der Waals surface area contributed by atoms with Crippen LogP contribution in [0.4, 0.5) is 5.82 Å². The second kappa shape index (κ2) is 8.97. The Morgan fingerprint density at radius 2 is 2.23 bits per heavy atom. The van der Waals surface area contributed by atoms with Crippen molar-refractivity contribution in [2.45, 2.75) is 51.2 Å². The van der Waals surface area contributed by atoms with Crippen LogP contribution in [0.3, 0.4) is 0 Å². The Morgan fingerprint density at radius 1 is 1.47 bits per heavy atom. The molecule has 0 bridgehead atoms. The molecule has 10 heteroatoms. The minimum atomic E-state index is -0.683. The van der Waals surface area contributed by atoms with E-state index in [4.69, 9.17) is 20.3 Å². The van der Waals surface area contributed by atoms with E-state index in [1.807, 2.05) is 20.8 Å². The molecule has 1 fully saturated rings. The Labute approximate surface area is 174 Å². The van der Waals surface area contributed by atoms with Crippen molar-refractivity contribution in [3.8, 4) is 11.8 Å². The number of carbonyl (C=O) groups excluding carboxylic acids is 1. The van der Waals surface area contributed by atoms with Gasteiger partial charge in [0.2, 0.25) is 5.91 Å². The maximum atomic E-state index is 11.1. The lowest BCUT2D eigenvalue weighted by Crippen LogP contribution is -2.31. The number of carbonyl (C=O) groups is 1. The largest absolute Gasteiger partial charge is 0.390 e. The number of fused-ring (bicyclic) bond motifs is 1. The number of nitrogen functional groups attached to an aromatic ring is 1. The highest BCUT2D eigenvalue weighted by molar-refractivity contribution is 5.92. The molecule has 1 aliphatic heterocycles. The first kappa shape index (κ1) is 22.0. The van der Waals surface area contributed by atoms with Gasteiger partial charge in [0.25, 0.3) is 0 Å². The standard InChI is InChI=1S/C20H27N5O5/c1-20(2,3)29-10-14-13(27)7-16(30-14)25-8-12(5-4-6-22-15(28)9-26)17-18(21)23-11-24-19(17)25/h8,11,13-14,16,26-27H,6-7,9-10H2,1-3H3,(H,22,28)(H2,21,23,24)/t13-,14?,16-/m1/s1. The van der Waals surface area contributed by atoms with Crippen LogP contribution in [0, 0.1) is 11.8 Å². The Balaban J connectivity index is 1.84. The fourth-order valence-electron chi connectivity index (χ4n) is 3.13. The fraction of sp³-hybridized carbons (Fsp3) is 0.550. The smallest absolute Gasteiger partial charge is 0.246 e. The molecular formula is C20H27N5O5. The number of anilines is 1. The number of amides is 1. The van der Waals surface area contributed by atoms with Crippen LogP contribution in [0.25, 0.3) is 11.0 Å². The number of rotatable bonds is 5. The number of nitrogens with zero attached hydrogens (tertiary/aromatic N) is 3. The highest BCUT2D eigenvalue weighted by Crippen LogP contribution is 2.34. The van der Waals surface area contributed by atoms with Gasteiger partial charge in [0.1, 0.15) is 36.7 Å². The zero-order chi connectivity index (χ0) is 21.9. The number of nitrogens with two attached hydrogens (primary N) is 1. The van der Waals surface area contributed by atoms with Crippen LogP contribution >= 0.6 is 0 Å². The maximum Gasteiger partial charge on any atom is 0.246 e. The molecule has 0 aliphatic carbocycles. The van der Waals surface area contributed by atoms with Crippen molar-refractivity contribution in [1.82, 2.24) is 19.9 Å². The third-order valence-corrected chi connectivity index (χ3v) is 4.57. The minimum absolute atomic E-state index is 0.0739. The Kier molecular flexibility index (Phi) is 6.58. The Bertz CT molecular complexity index is 972. The lowest BCUT2D eigenvalue weighted by molar-refractivity contribution is -0.123. The molecule has 162 valence electrons. The molecule has 1 saturated heterocycles. The number of hydrogen-bond acceptors (Lipinski definition) is 8. The predicted octanol–water partition coefficient (Wildman–Crippen LogP) is -0.0630. The first-order valence-corrected chi connectivity index (χ1v) is 9.64. The lowest BCUT2D eigenvalue weighted by Gasteiger charge is -2.23. The van der Waals surface area contributed by atoms with Crippen LogP contribution in [-0.2, 0) is 14.3 Å². The van der Waals surface area contributed by atoms with Gasteiger partial charge in [-0.15, -0.1) is 0 Å². The van der Waals surface area contributed by atoms with E-state index in [2.05, 4.69) is 27.1 Å². The second-order valence-corrected chi connectivity index (χ2v) is 8.00. The summed E-state index contributed by atoms with van der Waals surface area (Å²) in [6.07, 6.45) is 1.87. The fourth-order valence-corrected chi connectivity index (χ4v) is 3.13. The predicted molar refractivity (Wildman–Crippen MR) is 109 cm³/mol. The van der Waals surface area contributed by atoms with Crippen LogP contribution in [0.2, 0.25) is 0 Å². The summed E-state index contributed by atoms with van der Waals surface area (Å²) in [5.74, 6) is 5.53. The van der Waals surface area contributed by atoms with Gasteiger partial charge in [-0.2, -0.15) is 0 Å². The molecule has 5 N–H and O–H groups in total. The second-order valence-electron chi connectivity index (χ2n) is 8.00. The molecular weight excluding hydrogens is 390 g/mol. The van der Waals surface area contributed by atoms with Crippen molar-refractivity contribution in [1.29, 1.82) is 0 Å². The monoisotopic (exact) mass is 417 g/mol. The SMILES string of the molecule is CC(C)(C)OCC1O[C@@H](n2cc(C#CCNC(=O)CO)c3c(N)ncnc32)C[C@H]1O. The first-order valence-electron chi connectivity index (χ1n) is 9.64. The molecule has 1 aliphatic rings. The number of nitrogens with one attached hydrogen (secondary N) is 1. The first-order chi connectivity index (χ1) is 14.2. The van der Waals surface area contributed by atoms with Crippen LogP contribution < -0.4 is 11.1 Å². The Hall–Kier alpha value is -2.71. The van der Waals surface area contributed by atoms with Crippen molar-refractivity contribution < 1.29 is 24.5 Å². The highest BCUT2D eigenvalue weighted by Gasteiger charge is 2.37. The average Bonchev–Trinajstić information content (AvgIpc) is 3.24. The number of aliphatic hydroxyl groups excluding tert-OH is 2. The topological polar surface area (TPSA) is 145 Å². The maximum absolute atomic E-state index is 11.1. The van der Waals surface area contributed by atoms with Gasteiger partial charge >= 0.3 is 0 Å². The number of ether oxygens (including phenoxy) is 2. The zero-order valence-corrected chi connectivity index (χ0v) is 17.3. The zero-order valence-electron chi connectivity index (χ0n) is 17.3. The molecule has 2 aromatic rings. The molecule has 1 amide bonds. The minimum Gasteiger partial charge on any atom is -0.390 e. The third-order valence-electron chi connectivity index (χ3n) is 4.57. The molecule has 0 saturated carbocycles. The van der Waals surface area contributed by atoms with E-state index in [1.165, 1.54) is 6.33 Å². The average molecular weight is 417 g/mol. The molecule has 3 atom stereocenters. The van der Waals surface area contributed by atoms with E-state index < -0.39 is 30.9 Å². The van der Waals surface area contributed by atoms with Gasteiger partial charge in [0.05, 0.1) is 35.8 Å². The summed E-state index contributed by atoms with van der Waals surface area (Å²) < 4.78 is 13.6. The van der Waals surface area contributed by atoms with E-state index in [-0.39, 0.29) is 24.6 Å². The summed E-state index contributed by atoms with van der Waals surface area (Å²) in [5.41, 5.74) is 6.83. The van der Waals surface area contributed by atoms with Crippen molar-refractivity contribution in [3.05, 3.63) is 18.1 Å². The number of hydrogen-bond donors (Lipinski definition) is 4. The summed E-state index contributed by atoms with van der Waals surface area (Å²) in [7, 11) is 0. The molecule has 0 aromatic carbocycles. The molecule has 30 heavy (non-hydrogen) atoms. The molecule has 1 unspecified atom stereocenters. The molecule has 0 radical (unpaired) electrons. The Morgan fingerprint density at radius 3 is 2.93 bits per heavy atom. The molecule has 0 spiro atoms. The van der Waals surface area contributed by atoms with Gasteiger partial charge in [-0.05, 0) is 20.8 Å². The van der Waals surface area contributed by atoms with Crippen LogP contribution in [0.1, 0.15) is 39.0 Å². The summed E-state index contributed by atoms with van der Waals surface area (Å²) in [5, 5.41) is 22.2. The van der Waals surface area contributed by atoms with Crippen molar-refractivity contribution in [3.63, 3.8) is 0 Å². The van der Waals surface area contributed by atoms with E-state index in [9.17, 15) is 9.90 Å². The van der Waals surface area contributed by atoms with Crippen LogP contribution in [-0.4, -0.2) is 68.2 Å². The van der Waals surface area contributed by atoms with Gasteiger partial charge in [-0.3, -0.25) is 4.79 Å². The molecule has 3 heterocycles. The lowest BCUT2D eigenvalue weighted by atomic mass is 10.1. The summed E-state index contributed by atoms with van der Waals surface area (Å²) in [6, 6.07) is 0. The van der Waals surface area contributed by atoms with E-state index in [0.717, 1.165) is 0 Å². The molecule has 10 nitrogen and oxygen atoms in total. The van der Waals surface area contributed by atoms with Gasteiger partial charge in [-0.25, -0.2) is 9.97 Å². The van der Waals surface area contributed by atoms with Crippen molar-refractivity contribution in [2.75, 3.05) is 25.5 Å². The van der Waals surface area contributed by atoms with E-state index in [0.29, 0.717) is 23.0 Å². The van der Waals surface area contributed by atoms with Gasteiger partial charge in [0.15, 0.2) is 0 Å². The normalized spacial score (nSPS) is 21.4. The summed E-state index contributed by atoms with van der Waals surface area (Å²) in [6.45, 7) is 5.58. The summed E-state index contributed by atoms with van der Waals surface area (Å²) >= 11 is 0. The van der Waals surface area contributed by atoms with Crippen molar-refractivity contribution in [2.24, 2.45) is 0 Å². The quantitative estimate of drug-likeness (QED) is 0.495. The van der Waals surface area contributed by atoms with Crippen LogP contribution in [0.5, 0.6) is 0 Å². The molecule has 2 aromatic heterocycles. The van der Waals surface area contributed by atoms with Gasteiger partial charge in [-0.1, -0.05) is 11.8 Å². The summed E-state index contributed by atoms with van der Waals surface area (Å²) in [4.78, 5) is 19.5.